The molecule has 0 radical (unpaired) electrons. The van der Waals surface area contributed by atoms with Gasteiger partial charge in [-0.3, -0.25) is 0 Å². The van der Waals surface area contributed by atoms with Gasteiger partial charge in [0.2, 0.25) is 6.39 Å². The van der Waals surface area contributed by atoms with E-state index in [0.29, 0.717) is 11.9 Å². The first-order chi connectivity index (χ1) is 8.83. The van der Waals surface area contributed by atoms with E-state index in [1.807, 2.05) is 6.07 Å². The monoisotopic (exact) mass is 247 g/mol. The highest BCUT2D eigenvalue weighted by Crippen LogP contribution is 2.31. The van der Waals surface area contributed by atoms with Crippen LogP contribution in [0, 0.1) is 5.82 Å². The van der Waals surface area contributed by atoms with Crippen molar-refractivity contribution in [1.29, 1.82) is 0 Å². The predicted octanol–water partition coefficient (Wildman–Crippen LogP) is 2.03. The van der Waals surface area contributed by atoms with E-state index in [4.69, 9.17) is 0 Å². The molecule has 94 valence electrons. The smallest absolute Gasteiger partial charge is 0.213 e. The third kappa shape index (κ3) is 2.26. The van der Waals surface area contributed by atoms with E-state index in [1.54, 1.807) is 6.07 Å². The fraction of sp³-hybridized carbons (Fsp3) is 0.385. The Hall–Kier alpha value is -1.75. The van der Waals surface area contributed by atoms with Crippen LogP contribution in [0.25, 0.3) is 0 Å². The van der Waals surface area contributed by atoms with E-state index in [2.05, 4.69) is 20.0 Å². The molecule has 1 aromatic carbocycles. The Kier molecular flexibility index (Phi) is 3.06. The molecule has 0 aliphatic heterocycles. The lowest BCUT2D eigenvalue weighted by atomic mass is 10.1. The molecule has 1 atom stereocenters. The highest BCUT2D eigenvalue weighted by atomic mass is 19.1. The van der Waals surface area contributed by atoms with E-state index < -0.39 is 0 Å². The summed E-state index contributed by atoms with van der Waals surface area (Å²) >= 11 is 0. The molecule has 1 N–H and O–H groups in total. The summed E-state index contributed by atoms with van der Waals surface area (Å²) in [7, 11) is 0. The summed E-state index contributed by atoms with van der Waals surface area (Å²) in [5.41, 5.74) is 2.33. The summed E-state index contributed by atoms with van der Waals surface area (Å²) in [6, 6.07) is 5.35. The van der Waals surface area contributed by atoms with E-state index in [1.165, 1.54) is 18.0 Å². The Labute approximate surface area is 104 Å². The maximum atomic E-state index is 13.1. The summed E-state index contributed by atoms with van der Waals surface area (Å²) < 4.78 is 17.8. The fourth-order valence-electron chi connectivity index (χ4n) is 2.46. The normalized spacial score (nSPS) is 17.9. The highest BCUT2D eigenvalue weighted by Gasteiger charge is 2.22. The first-order valence-corrected chi connectivity index (χ1v) is 6.10. The predicted molar refractivity (Wildman–Crippen MR) is 63.5 cm³/mol. The van der Waals surface area contributed by atoms with Crippen LogP contribution in [0.4, 0.5) is 4.39 Å². The lowest BCUT2D eigenvalue weighted by molar-refractivity contribution is 0.408. The van der Waals surface area contributed by atoms with Gasteiger partial charge < -0.3 is 9.84 Å². The van der Waals surface area contributed by atoms with Crippen molar-refractivity contribution in [2.45, 2.75) is 25.3 Å². The number of halogens is 1. The number of benzene rings is 1. The first-order valence-electron chi connectivity index (χ1n) is 6.10. The maximum Gasteiger partial charge on any atom is 0.213 e. The number of nitrogens with one attached hydrogen (secondary N) is 1. The zero-order chi connectivity index (χ0) is 12.4. The Morgan fingerprint density at radius 2 is 2.39 bits per heavy atom. The van der Waals surface area contributed by atoms with Gasteiger partial charge in [0.15, 0.2) is 5.82 Å². The molecule has 0 spiro atoms. The minimum Gasteiger partial charge on any atom is -0.343 e. The molecular weight excluding hydrogens is 233 g/mol. The molecule has 5 heteroatoms. The zero-order valence-electron chi connectivity index (χ0n) is 9.90. The number of rotatable bonds is 4. The molecule has 1 aliphatic rings. The average Bonchev–Trinajstić information content (AvgIpc) is 2.99. The number of aryl methyl sites for hydroxylation is 1. The van der Waals surface area contributed by atoms with Crippen LogP contribution < -0.4 is 5.32 Å². The highest BCUT2D eigenvalue weighted by molar-refractivity contribution is 5.34. The van der Waals surface area contributed by atoms with Crippen molar-refractivity contribution in [1.82, 2.24) is 15.5 Å². The third-order valence-corrected chi connectivity index (χ3v) is 3.33. The number of aromatic nitrogens is 2. The van der Waals surface area contributed by atoms with Crippen LogP contribution in [0.15, 0.2) is 29.1 Å². The van der Waals surface area contributed by atoms with E-state index in [9.17, 15) is 4.39 Å². The Bertz CT molecular complexity index is 527. The quantitative estimate of drug-likeness (QED) is 0.898. The SMILES string of the molecule is Fc1ccc2c(c1)CCC2NCCc1ncon1. The summed E-state index contributed by atoms with van der Waals surface area (Å²) in [4.78, 5) is 3.97. The second kappa shape index (κ2) is 4.86. The molecule has 0 saturated heterocycles. The Morgan fingerprint density at radius 3 is 3.22 bits per heavy atom. The number of hydrogen-bond donors (Lipinski definition) is 1. The Morgan fingerprint density at radius 1 is 1.44 bits per heavy atom. The molecule has 1 aromatic heterocycles. The van der Waals surface area contributed by atoms with E-state index in [0.717, 1.165) is 31.4 Å². The van der Waals surface area contributed by atoms with E-state index in [-0.39, 0.29) is 5.82 Å². The number of nitrogens with zero attached hydrogens (tertiary/aromatic N) is 2. The van der Waals surface area contributed by atoms with Crippen LogP contribution >= 0.6 is 0 Å². The van der Waals surface area contributed by atoms with Gasteiger partial charge in [-0.1, -0.05) is 11.2 Å². The summed E-state index contributed by atoms with van der Waals surface area (Å²) in [6.45, 7) is 0.793. The van der Waals surface area contributed by atoms with Crippen LogP contribution in [0.2, 0.25) is 0 Å². The number of fused-ring (bicyclic) bond motifs is 1. The molecular formula is C13H14FN3O. The first kappa shape index (κ1) is 11.3. The van der Waals surface area contributed by atoms with Gasteiger partial charge in [-0.15, -0.1) is 0 Å². The third-order valence-electron chi connectivity index (χ3n) is 3.33. The van der Waals surface area contributed by atoms with Gasteiger partial charge >= 0.3 is 0 Å². The van der Waals surface area contributed by atoms with Crippen molar-refractivity contribution >= 4 is 0 Å². The van der Waals surface area contributed by atoms with Crippen LogP contribution in [-0.2, 0) is 12.8 Å². The molecule has 0 saturated carbocycles. The second-order valence-corrected chi connectivity index (χ2v) is 4.49. The molecule has 4 nitrogen and oxygen atoms in total. The zero-order valence-corrected chi connectivity index (χ0v) is 9.90. The summed E-state index contributed by atoms with van der Waals surface area (Å²) in [6.07, 6.45) is 4.03. The Balaban J connectivity index is 1.59. The maximum absolute atomic E-state index is 13.1. The van der Waals surface area contributed by atoms with Gasteiger partial charge in [0, 0.05) is 19.0 Å². The molecule has 0 bridgehead atoms. The molecule has 0 amide bonds. The van der Waals surface area contributed by atoms with Gasteiger partial charge in [0.1, 0.15) is 5.82 Å². The average molecular weight is 247 g/mol. The second-order valence-electron chi connectivity index (χ2n) is 4.49. The van der Waals surface area contributed by atoms with Crippen LogP contribution in [0.3, 0.4) is 0 Å². The minimum absolute atomic E-state index is 0.152. The topological polar surface area (TPSA) is 51.0 Å². The van der Waals surface area contributed by atoms with Crippen molar-refractivity contribution in [3.63, 3.8) is 0 Å². The van der Waals surface area contributed by atoms with Crippen molar-refractivity contribution in [2.75, 3.05) is 6.54 Å². The summed E-state index contributed by atoms with van der Waals surface area (Å²) in [5, 5.41) is 7.21. The molecule has 0 fully saturated rings. The van der Waals surface area contributed by atoms with Crippen molar-refractivity contribution in [3.05, 3.63) is 47.4 Å². The molecule has 1 unspecified atom stereocenters. The molecule has 2 aromatic rings. The van der Waals surface area contributed by atoms with Crippen LogP contribution in [0.5, 0.6) is 0 Å². The van der Waals surface area contributed by atoms with Crippen molar-refractivity contribution in [3.8, 4) is 0 Å². The standard InChI is InChI=1S/C13H14FN3O/c14-10-2-3-11-9(7-10)1-4-12(11)15-6-5-13-16-8-18-17-13/h2-3,7-8,12,15H,1,4-6H2. The van der Waals surface area contributed by atoms with Gasteiger partial charge in [-0.05, 0) is 36.1 Å². The largest absolute Gasteiger partial charge is 0.343 e. The van der Waals surface area contributed by atoms with Crippen molar-refractivity contribution < 1.29 is 8.91 Å². The van der Waals surface area contributed by atoms with Crippen molar-refractivity contribution in [2.24, 2.45) is 0 Å². The summed E-state index contributed by atoms with van der Waals surface area (Å²) in [5.74, 6) is 0.557. The fourth-order valence-corrected chi connectivity index (χ4v) is 2.46. The molecule has 1 heterocycles. The lowest BCUT2D eigenvalue weighted by Crippen LogP contribution is -2.22. The van der Waals surface area contributed by atoms with E-state index >= 15 is 0 Å². The molecule has 1 aliphatic carbocycles. The van der Waals surface area contributed by atoms with Gasteiger partial charge in [-0.2, -0.15) is 4.98 Å². The van der Waals surface area contributed by atoms with Crippen LogP contribution in [-0.4, -0.2) is 16.7 Å². The van der Waals surface area contributed by atoms with Gasteiger partial charge in [0.25, 0.3) is 0 Å². The van der Waals surface area contributed by atoms with Gasteiger partial charge in [0.05, 0.1) is 0 Å². The van der Waals surface area contributed by atoms with Crippen LogP contribution in [0.1, 0.15) is 29.4 Å². The lowest BCUT2D eigenvalue weighted by Gasteiger charge is -2.13. The molecule has 3 rings (SSSR count). The van der Waals surface area contributed by atoms with Gasteiger partial charge in [-0.25, -0.2) is 4.39 Å². The number of hydrogen-bond acceptors (Lipinski definition) is 4. The minimum atomic E-state index is -0.152. The molecule has 18 heavy (non-hydrogen) atoms.